The lowest BCUT2D eigenvalue weighted by molar-refractivity contribution is -0.434. The second-order valence-corrected chi connectivity index (χ2v) is 14.5. The highest BCUT2D eigenvalue weighted by atomic mass is 32.3. The summed E-state index contributed by atoms with van der Waals surface area (Å²) in [5.41, 5.74) is 2.07. The molecule has 9 atom stereocenters. The van der Waals surface area contributed by atoms with Gasteiger partial charge >= 0.3 is 10.4 Å². The van der Waals surface area contributed by atoms with Crippen molar-refractivity contribution in [3.05, 3.63) is 11.6 Å². The SMILES string of the molecule is CC(C)C(CC[C@@H](C)[C@H]1CC[C@H]2[C@@H]3CC=C4C[C@@H](OSOOO)CC[C@]4(C)[C@H]3CC[C@]12C)OS(=O)(=O)O. The van der Waals surface area contributed by atoms with Crippen LogP contribution in [-0.4, -0.2) is 30.4 Å². The van der Waals surface area contributed by atoms with E-state index in [1.54, 1.807) is 0 Å². The first kappa shape index (κ1) is 29.8. The zero-order valence-corrected chi connectivity index (χ0v) is 24.6. The van der Waals surface area contributed by atoms with Crippen molar-refractivity contribution < 1.29 is 36.0 Å². The summed E-state index contributed by atoms with van der Waals surface area (Å²) in [6.07, 6.45) is 12.8. The molecule has 2 N–H and O–H groups in total. The first-order valence-corrected chi connectivity index (χ1v) is 16.1. The van der Waals surface area contributed by atoms with E-state index >= 15 is 0 Å². The van der Waals surface area contributed by atoms with Gasteiger partial charge in [0.2, 0.25) is 0 Å². The van der Waals surface area contributed by atoms with Gasteiger partial charge in [-0.05, 0) is 111 Å². The molecule has 0 bridgehead atoms. The summed E-state index contributed by atoms with van der Waals surface area (Å²) in [5.74, 6) is 3.29. The standard InChI is InChI=1S/C27H46O8S2/c1-17(2)25(33-37(29,30)31)11-6-18(3)22-9-10-23-21-8-7-19-16-20(32-36-35-34-28)12-14-26(19,4)24(21)13-15-27(22,23)5/h7,17-18,20-25,28H,6,8-16H2,1-5H3,(H,29,30,31)/t18-,20+,21+,22-,23+,24+,25?,26+,27-/m1/s1. The van der Waals surface area contributed by atoms with Crippen LogP contribution < -0.4 is 0 Å². The molecule has 0 aromatic carbocycles. The Hall–Kier alpha value is -0.200. The first-order valence-electron chi connectivity index (χ1n) is 14.0. The van der Waals surface area contributed by atoms with Crippen LogP contribution in [-0.2, 0) is 28.1 Å². The van der Waals surface area contributed by atoms with Crippen molar-refractivity contribution in [2.75, 3.05) is 0 Å². The van der Waals surface area contributed by atoms with Crippen LogP contribution in [0.2, 0.25) is 0 Å². The third kappa shape index (κ3) is 6.26. The van der Waals surface area contributed by atoms with Gasteiger partial charge in [0.1, 0.15) is 0 Å². The Balaban J connectivity index is 1.41. The fourth-order valence-corrected chi connectivity index (χ4v) is 10.0. The number of fused-ring (bicyclic) bond motifs is 5. The van der Waals surface area contributed by atoms with Gasteiger partial charge < -0.3 is 0 Å². The molecule has 0 spiro atoms. The Bertz CT molecular complexity index is 923. The van der Waals surface area contributed by atoms with Crippen LogP contribution in [0.3, 0.4) is 0 Å². The van der Waals surface area contributed by atoms with E-state index in [2.05, 4.69) is 36.2 Å². The first-order chi connectivity index (χ1) is 17.4. The van der Waals surface area contributed by atoms with Crippen LogP contribution in [0.4, 0.5) is 0 Å². The molecule has 37 heavy (non-hydrogen) atoms. The van der Waals surface area contributed by atoms with Crippen LogP contribution in [0.5, 0.6) is 0 Å². The zero-order valence-electron chi connectivity index (χ0n) is 22.9. The van der Waals surface area contributed by atoms with Gasteiger partial charge in [-0.25, -0.2) is 9.44 Å². The van der Waals surface area contributed by atoms with E-state index in [9.17, 15) is 13.0 Å². The van der Waals surface area contributed by atoms with Gasteiger partial charge in [0.25, 0.3) is 0 Å². The maximum atomic E-state index is 11.3. The van der Waals surface area contributed by atoms with Crippen LogP contribution >= 0.6 is 12.3 Å². The predicted molar refractivity (Wildman–Crippen MR) is 142 cm³/mol. The van der Waals surface area contributed by atoms with E-state index in [0.717, 1.165) is 38.0 Å². The summed E-state index contributed by atoms with van der Waals surface area (Å²) in [6, 6.07) is 0. The topological polar surface area (TPSA) is 112 Å². The average molecular weight is 563 g/mol. The Morgan fingerprint density at radius 3 is 2.51 bits per heavy atom. The Morgan fingerprint density at radius 1 is 1.08 bits per heavy atom. The van der Waals surface area contributed by atoms with Crippen molar-refractivity contribution in [1.82, 2.24) is 0 Å². The second kappa shape index (κ2) is 11.7. The Morgan fingerprint density at radius 2 is 1.84 bits per heavy atom. The molecule has 0 amide bonds. The molecule has 4 aliphatic rings. The summed E-state index contributed by atoms with van der Waals surface area (Å²) in [5, 5.41) is 12.0. The van der Waals surface area contributed by atoms with Gasteiger partial charge in [0, 0.05) is 0 Å². The van der Waals surface area contributed by atoms with Crippen molar-refractivity contribution in [2.24, 2.45) is 46.3 Å². The lowest BCUT2D eigenvalue weighted by Gasteiger charge is -2.58. The lowest BCUT2D eigenvalue weighted by Crippen LogP contribution is -2.50. The summed E-state index contributed by atoms with van der Waals surface area (Å²) in [7, 11) is -4.44. The molecule has 0 saturated heterocycles. The predicted octanol–water partition coefficient (Wildman–Crippen LogP) is 7.20. The molecule has 0 aliphatic heterocycles. The molecule has 0 heterocycles. The number of hydrogen-bond acceptors (Lipinski definition) is 8. The minimum absolute atomic E-state index is 0.0232. The van der Waals surface area contributed by atoms with Gasteiger partial charge in [0.15, 0.2) is 12.3 Å². The smallest absolute Gasteiger partial charge is 0.286 e. The summed E-state index contributed by atoms with van der Waals surface area (Å²) < 4.78 is 46.9. The Labute approximate surface area is 227 Å². The average Bonchev–Trinajstić information content (AvgIpc) is 3.18. The fraction of sp³-hybridized carbons (Fsp3) is 0.926. The van der Waals surface area contributed by atoms with Crippen molar-refractivity contribution in [3.63, 3.8) is 0 Å². The molecule has 3 fully saturated rings. The second-order valence-electron chi connectivity index (χ2n) is 13.0. The number of hydrogen-bond donors (Lipinski definition) is 2. The minimum Gasteiger partial charge on any atom is -0.286 e. The minimum atomic E-state index is -4.44. The molecular weight excluding hydrogens is 516 g/mol. The molecule has 4 rings (SSSR count). The van der Waals surface area contributed by atoms with Gasteiger partial charge in [-0.2, -0.15) is 8.42 Å². The van der Waals surface area contributed by atoms with E-state index in [-0.39, 0.29) is 17.4 Å². The fourth-order valence-electron chi connectivity index (χ4n) is 9.05. The molecule has 0 aromatic heterocycles. The summed E-state index contributed by atoms with van der Waals surface area (Å²) in [4.78, 5) is 0. The third-order valence-electron chi connectivity index (χ3n) is 10.9. The molecule has 10 heteroatoms. The van der Waals surface area contributed by atoms with Crippen LogP contribution in [0.1, 0.15) is 98.8 Å². The monoisotopic (exact) mass is 562 g/mol. The van der Waals surface area contributed by atoms with E-state index in [1.165, 1.54) is 31.3 Å². The van der Waals surface area contributed by atoms with Crippen molar-refractivity contribution >= 4 is 22.7 Å². The maximum absolute atomic E-state index is 11.3. The van der Waals surface area contributed by atoms with Crippen molar-refractivity contribution in [3.8, 4) is 0 Å². The van der Waals surface area contributed by atoms with E-state index in [0.29, 0.717) is 47.8 Å². The highest BCUT2D eigenvalue weighted by Crippen LogP contribution is 2.67. The van der Waals surface area contributed by atoms with Gasteiger partial charge in [-0.3, -0.25) is 8.74 Å². The molecule has 1 unspecified atom stereocenters. The quantitative estimate of drug-likeness (QED) is 0.0674. The number of rotatable bonds is 11. The van der Waals surface area contributed by atoms with Crippen molar-refractivity contribution in [1.29, 1.82) is 0 Å². The lowest BCUT2D eigenvalue weighted by atomic mass is 9.47. The van der Waals surface area contributed by atoms with Crippen molar-refractivity contribution in [2.45, 2.75) is 111 Å². The van der Waals surface area contributed by atoms with Crippen LogP contribution in [0, 0.1) is 46.3 Å². The zero-order chi connectivity index (χ0) is 27.0. The van der Waals surface area contributed by atoms with E-state index < -0.39 is 16.5 Å². The normalized spacial score (nSPS) is 39.5. The van der Waals surface area contributed by atoms with Crippen LogP contribution in [0.25, 0.3) is 0 Å². The van der Waals surface area contributed by atoms with Gasteiger partial charge in [-0.1, -0.05) is 51.3 Å². The molecule has 214 valence electrons. The highest BCUT2D eigenvalue weighted by molar-refractivity contribution is 7.89. The highest BCUT2D eigenvalue weighted by Gasteiger charge is 2.59. The molecule has 3 saturated carbocycles. The van der Waals surface area contributed by atoms with Crippen LogP contribution in [0.15, 0.2) is 11.6 Å². The molecular formula is C27H46O8S2. The number of allylic oxidation sites excluding steroid dienone is 1. The third-order valence-corrected chi connectivity index (χ3v) is 11.9. The molecule has 4 aliphatic carbocycles. The largest absolute Gasteiger partial charge is 0.397 e. The maximum Gasteiger partial charge on any atom is 0.397 e. The molecule has 8 nitrogen and oxygen atoms in total. The molecule has 0 aromatic rings. The summed E-state index contributed by atoms with van der Waals surface area (Å²) in [6.45, 7) is 11.2. The van der Waals surface area contributed by atoms with Gasteiger partial charge in [0.05, 0.1) is 12.2 Å². The summed E-state index contributed by atoms with van der Waals surface area (Å²) >= 11 is 0.696. The van der Waals surface area contributed by atoms with Gasteiger partial charge in [-0.15, -0.1) is 4.33 Å². The van der Waals surface area contributed by atoms with E-state index in [4.69, 9.17) is 13.6 Å². The van der Waals surface area contributed by atoms with E-state index in [1.807, 2.05) is 13.8 Å². The molecule has 0 radical (unpaired) electrons. The Kier molecular flexibility index (Phi) is 9.44.